The SMILES string of the molecule is CC[C@@]1(c2ccc(OC)cc2)NC(=O)N(CC(=O)Nc2cccc(C)c2)C1=O. The topological polar surface area (TPSA) is 87.7 Å². The van der Waals surface area contributed by atoms with Gasteiger partial charge in [-0.15, -0.1) is 0 Å². The molecule has 7 nitrogen and oxygen atoms in total. The minimum absolute atomic E-state index is 0.351. The number of hydrogen-bond acceptors (Lipinski definition) is 4. The molecule has 1 atom stereocenters. The van der Waals surface area contributed by atoms with E-state index in [2.05, 4.69) is 10.6 Å². The molecule has 0 radical (unpaired) electrons. The van der Waals surface area contributed by atoms with Crippen molar-refractivity contribution in [2.24, 2.45) is 0 Å². The number of carbonyl (C=O) groups excluding carboxylic acids is 3. The third-order valence-electron chi connectivity index (χ3n) is 4.89. The number of aryl methyl sites for hydroxylation is 1. The third-order valence-corrected chi connectivity index (χ3v) is 4.89. The molecule has 0 saturated carbocycles. The van der Waals surface area contributed by atoms with Crippen LogP contribution in [0.1, 0.15) is 24.5 Å². The van der Waals surface area contributed by atoms with Crippen molar-refractivity contribution in [3.63, 3.8) is 0 Å². The number of urea groups is 1. The summed E-state index contributed by atoms with van der Waals surface area (Å²) in [5.74, 6) is -0.221. The van der Waals surface area contributed by atoms with Crippen LogP contribution in [0.3, 0.4) is 0 Å². The number of hydrogen-bond donors (Lipinski definition) is 2. The van der Waals surface area contributed by atoms with Gasteiger partial charge in [0.25, 0.3) is 5.91 Å². The second-order valence-electron chi connectivity index (χ2n) is 6.73. The van der Waals surface area contributed by atoms with Crippen molar-refractivity contribution in [2.45, 2.75) is 25.8 Å². The van der Waals surface area contributed by atoms with E-state index in [1.165, 1.54) is 0 Å². The van der Waals surface area contributed by atoms with E-state index in [9.17, 15) is 14.4 Å². The average molecular weight is 381 g/mol. The maximum Gasteiger partial charge on any atom is 0.325 e. The summed E-state index contributed by atoms with van der Waals surface area (Å²) in [6, 6.07) is 13.7. The van der Waals surface area contributed by atoms with Crippen LogP contribution in [-0.4, -0.2) is 36.4 Å². The second kappa shape index (κ2) is 7.72. The highest BCUT2D eigenvalue weighted by molar-refractivity contribution is 6.10. The first kappa shape index (κ1) is 19.4. The number of nitrogens with one attached hydrogen (secondary N) is 2. The van der Waals surface area contributed by atoms with Gasteiger partial charge < -0.3 is 15.4 Å². The van der Waals surface area contributed by atoms with E-state index in [4.69, 9.17) is 4.74 Å². The molecule has 1 aliphatic heterocycles. The number of nitrogens with zero attached hydrogens (tertiary/aromatic N) is 1. The number of anilines is 1. The molecular weight excluding hydrogens is 358 g/mol. The van der Waals surface area contributed by atoms with E-state index in [1.54, 1.807) is 37.4 Å². The van der Waals surface area contributed by atoms with E-state index in [1.807, 2.05) is 32.0 Å². The number of rotatable bonds is 6. The Morgan fingerprint density at radius 1 is 1.18 bits per heavy atom. The van der Waals surface area contributed by atoms with Gasteiger partial charge in [-0.05, 0) is 48.7 Å². The van der Waals surface area contributed by atoms with E-state index >= 15 is 0 Å². The second-order valence-corrected chi connectivity index (χ2v) is 6.73. The normalized spacial score (nSPS) is 18.8. The molecule has 2 N–H and O–H groups in total. The van der Waals surface area contributed by atoms with Crippen molar-refractivity contribution in [3.05, 3.63) is 59.7 Å². The molecule has 2 aromatic carbocycles. The lowest BCUT2D eigenvalue weighted by Gasteiger charge is -2.26. The number of imide groups is 1. The van der Waals surface area contributed by atoms with Crippen LogP contribution in [0.15, 0.2) is 48.5 Å². The molecule has 1 fully saturated rings. The minimum Gasteiger partial charge on any atom is -0.497 e. The summed E-state index contributed by atoms with van der Waals surface area (Å²) < 4.78 is 5.15. The summed E-state index contributed by atoms with van der Waals surface area (Å²) in [6.07, 6.45) is 0.361. The zero-order valence-corrected chi connectivity index (χ0v) is 16.1. The Labute approximate surface area is 163 Å². The van der Waals surface area contributed by atoms with Crippen molar-refractivity contribution in [1.82, 2.24) is 10.2 Å². The third kappa shape index (κ3) is 3.55. The summed E-state index contributed by atoms with van der Waals surface area (Å²) in [5, 5.41) is 5.49. The Bertz CT molecular complexity index is 910. The molecule has 7 heteroatoms. The molecule has 1 saturated heterocycles. The molecule has 1 aliphatic rings. The molecule has 4 amide bonds. The van der Waals surface area contributed by atoms with Crippen LogP contribution < -0.4 is 15.4 Å². The Kier molecular flexibility index (Phi) is 5.35. The zero-order valence-electron chi connectivity index (χ0n) is 16.1. The predicted molar refractivity (Wildman–Crippen MR) is 105 cm³/mol. The largest absolute Gasteiger partial charge is 0.497 e. The first-order valence-corrected chi connectivity index (χ1v) is 9.05. The van der Waals surface area contributed by atoms with Gasteiger partial charge in [0.15, 0.2) is 0 Å². The molecule has 2 aromatic rings. The van der Waals surface area contributed by atoms with Crippen LogP contribution in [0.2, 0.25) is 0 Å². The lowest BCUT2D eigenvalue weighted by molar-refractivity contribution is -0.134. The van der Waals surface area contributed by atoms with Gasteiger partial charge in [0, 0.05) is 5.69 Å². The highest BCUT2D eigenvalue weighted by atomic mass is 16.5. The van der Waals surface area contributed by atoms with E-state index < -0.39 is 23.4 Å². The van der Waals surface area contributed by atoms with Crippen LogP contribution in [0, 0.1) is 6.92 Å². The van der Waals surface area contributed by atoms with E-state index in [0.717, 1.165) is 10.5 Å². The predicted octanol–water partition coefficient (Wildman–Crippen LogP) is 2.80. The minimum atomic E-state index is -1.19. The molecule has 0 unspecified atom stereocenters. The van der Waals surface area contributed by atoms with Crippen LogP contribution >= 0.6 is 0 Å². The molecule has 0 spiro atoms. The maximum absolute atomic E-state index is 13.1. The van der Waals surface area contributed by atoms with Gasteiger partial charge in [-0.3, -0.25) is 14.5 Å². The van der Waals surface area contributed by atoms with Gasteiger partial charge in [0.1, 0.15) is 17.8 Å². The van der Waals surface area contributed by atoms with Crippen molar-refractivity contribution in [3.8, 4) is 5.75 Å². The number of amides is 4. The highest BCUT2D eigenvalue weighted by Crippen LogP contribution is 2.33. The average Bonchev–Trinajstić information content (AvgIpc) is 2.93. The fourth-order valence-corrected chi connectivity index (χ4v) is 3.35. The van der Waals surface area contributed by atoms with Crippen molar-refractivity contribution in [2.75, 3.05) is 19.0 Å². The summed E-state index contributed by atoms with van der Waals surface area (Å²) in [7, 11) is 1.56. The molecule has 0 aliphatic carbocycles. The molecule has 3 rings (SSSR count). The first-order valence-electron chi connectivity index (χ1n) is 9.05. The van der Waals surface area contributed by atoms with Crippen LogP contribution in [0.4, 0.5) is 10.5 Å². The van der Waals surface area contributed by atoms with Crippen molar-refractivity contribution >= 4 is 23.5 Å². The summed E-state index contributed by atoms with van der Waals surface area (Å²) in [4.78, 5) is 38.9. The highest BCUT2D eigenvalue weighted by Gasteiger charge is 2.51. The van der Waals surface area contributed by atoms with E-state index in [0.29, 0.717) is 23.4 Å². The number of benzene rings is 2. The van der Waals surface area contributed by atoms with Gasteiger partial charge in [-0.2, -0.15) is 0 Å². The lowest BCUT2D eigenvalue weighted by atomic mass is 9.87. The Morgan fingerprint density at radius 3 is 2.50 bits per heavy atom. The lowest BCUT2D eigenvalue weighted by Crippen LogP contribution is -2.44. The fraction of sp³-hybridized carbons (Fsp3) is 0.286. The van der Waals surface area contributed by atoms with Gasteiger partial charge in [-0.1, -0.05) is 31.2 Å². The molecular formula is C21H23N3O4. The monoisotopic (exact) mass is 381 g/mol. The summed E-state index contributed by atoms with van der Waals surface area (Å²) >= 11 is 0. The Hall–Kier alpha value is -3.35. The van der Waals surface area contributed by atoms with Crippen LogP contribution in [0.25, 0.3) is 0 Å². The maximum atomic E-state index is 13.1. The van der Waals surface area contributed by atoms with Gasteiger partial charge in [-0.25, -0.2) is 4.79 Å². The molecule has 0 bridgehead atoms. The number of carbonyl (C=O) groups is 3. The first-order chi connectivity index (χ1) is 13.4. The van der Waals surface area contributed by atoms with Crippen LogP contribution in [0.5, 0.6) is 5.75 Å². The van der Waals surface area contributed by atoms with E-state index in [-0.39, 0.29) is 6.54 Å². The smallest absolute Gasteiger partial charge is 0.325 e. The molecule has 0 aromatic heterocycles. The fourth-order valence-electron chi connectivity index (χ4n) is 3.35. The van der Waals surface area contributed by atoms with Crippen molar-refractivity contribution < 1.29 is 19.1 Å². The van der Waals surface area contributed by atoms with Gasteiger partial charge in [0.05, 0.1) is 7.11 Å². The summed E-state index contributed by atoms with van der Waals surface area (Å²) in [5.41, 5.74) is 1.08. The standard InChI is InChI=1S/C21H23N3O4/c1-4-21(15-8-10-17(28-3)11-9-15)19(26)24(20(27)23-21)13-18(25)22-16-7-5-6-14(2)12-16/h5-12H,4,13H2,1-3H3,(H,22,25)(H,23,27)/t21-/m0/s1. The van der Waals surface area contributed by atoms with Gasteiger partial charge >= 0.3 is 6.03 Å². The zero-order chi connectivity index (χ0) is 20.3. The quantitative estimate of drug-likeness (QED) is 0.753. The number of methoxy groups -OCH3 is 1. The Morgan fingerprint density at radius 2 is 1.89 bits per heavy atom. The summed E-state index contributed by atoms with van der Waals surface area (Å²) in [6.45, 7) is 3.38. The molecule has 146 valence electrons. The molecule has 28 heavy (non-hydrogen) atoms. The number of ether oxygens (including phenoxy) is 1. The van der Waals surface area contributed by atoms with Gasteiger partial charge in [0.2, 0.25) is 5.91 Å². The Balaban J connectivity index is 1.78. The van der Waals surface area contributed by atoms with Crippen LogP contribution in [-0.2, 0) is 15.1 Å². The molecule has 1 heterocycles. The van der Waals surface area contributed by atoms with Crippen molar-refractivity contribution in [1.29, 1.82) is 0 Å².